The van der Waals surface area contributed by atoms with Gasteiger partial charge in [-0.3, -0.25) is 0 Å². The lowest BCUT2D eigenvalue weighted by molar-refractivity contribution is 0.855. The van der Waals surface area contributed by atoms with Crippen LogP contribution in [-0.2, 0) is 12.8 Å². The molecule has 2 heterocycles. The molecule has 0 N–H and O–H groups in total. The predicted octanol–water partition coefficient (Wildman–Crippen LogP) is 4.12. The van der Waals surface area contributed by atoms with Crippen LogP contribution < -0.4 is 0 Å². The maximum Gasteiger partial charge on any atom is 0.211 e. The Balaban J connectivity index is 1.73. The Hall–Kier alpha value is -2.40. The lowest BCUT2D eigenvalue weighted by atomic mass is 10.2. The number of nitrogens with zero attached hydrogens (tertiary/aromatic N) is 4. The van der Waals surface area contributed by atoms with E-state index in [1.807, 2.05) is 25.2 Å². The average molecular weight is 320 g/mol. The monoisotopic (exact) mass is 320 g/mol. The Morgan fingerprint density at radius 2 is 1.87 bits per heavy atom. The van der Waals surface area contributed by atoms with Gasteiger partial charge in [-0.1, -0.05) is 53.7 Å². The van der Waals surface area contributed by atoms with Crippen LogP contribution in [0.1, 0.15) is 11.1 Å². The van der Waals surface area contributed by atoms with Crippen LogP contribution in [0.5, 0.6) is 0 Å². The predicted molar refractivity (Wildman–Crippen MR) is 94.6 cm³/mol. The molecule has 0 saturated heterocycles. The normalized spacial score (nSPS) is 11.4. The Morgan fingerprint density at radius 1 is 1.04 bits per heavy atom. The molecule has 0 bridgehead atoms. The van der Waals surface area contributed by atoms with Gasteiger partial charge in [0.05, 0.1) is 5.52 Å². The number of hydrogen-bond donors (Lipinski definition) is 0. The van der Waals surface area contributed by atoms with E-state index in [-0.39, 0.29) is 0 Å². The maximum atomic E-state index is 4.71. The Labute approximate surface area is 138 Å². The molecule has 4 aromatic rings. The molecule has 0 saturated carbocycles. The van der Waals surface area contributed by atoms with Crippen LogP contribution in [0, 0.1) is 6.92 Å². The molecule has 0 atom stereocenters. The van der Waals surface area contributed by atoms with E-state index in [2.05, 4.69) is 52.0 Å². The zero-order valence-corrected chi connectivity index (χ0v) is 13.8. The largest absolute Gasteiger partial charge is 0.327 e. The van der Waals surface area contributed by atoms with Gasteiger partial charge in [-0.25, -0.2) is 4.98 Å². The summed E-state index contributed by atoms with van der Waals surface area (Å²) in [4.78, 5) is 4.71. The SMILES string of the molecule is Cc1ccc2c(c1)c1nnc(SCc3ccccc3)nc1n2C. The average Bonchev–Trinajstić information content (AvgIpc) is 2.86. The standard InChI is InChI=1S/C18H16N4S/c1-12-8-9-15-14(10-12)16-17(22(15)2)19-18(21-20-16)23-11-13-6-4-3-5-7-13/h3-10H,11H2,1-2H3. The van der Waals surface area contributed by atoms with Gasteiger partial charge in [0.25, 0.3) is 0 Å². The molecule has 0 aliphatic carbocycles. The van der Waals surface area contributed by atoms with Crippen molar-refractivity contribution in [1.82, 2.24) is 19.7 Å². The van der Waals surface area contributed by atoms with Crippen molar-refractivity contribution < 1.29 is 0 Å². The van der Waals surface area contributed by atoms with Crippen molar-refractivity contribution in [2.75, 3.05) is 0 Å². The first kappa shape index (κ1) is 14.2. The van der Waals surface area contributed by atoms with Crippen LogP contribution >= 0.6 is 11.8 Å². The number of aromatic nitrogens is 4. The van der Waals surface area contributed by atoms with Crippen LogP contribution in [0.4, 0.5) is 0 Å². The number of fused-ring (bicyclic) bond motifs is 3. The number of rotatable bonds is 3. The minimum Gasteiger partial charge on any atom is -0.327 e. The summed E-state index contributed by atoms with van der Waals surface area (Å²) >= 11 is 1.61. The fraction of sp³-hybridized carbons (Fsp3) is 0.167. The molecule has 0 amide bonds. The van der Waals surface area contributed by atoms with Crippen LogP contribution in [0.25, 0.3) is 22.1 Å². The van der Waals surface area contributed by atoms with Gasteiger partial charge in [-0.15, -0.1) is 10.2 Å². The zero-order valence-electron chi connectivity index (χ0n) is 13.0. The van der Waals surface area contributed by atoms with Crippen LogP contribution in [0.15, 0.2) is 53.7 Å². The fourth-order valence-electron chi connectivity index (χ4n) is 2.74. The van der Waals surface area contributed by atoms with Gasteiger partial charge in [0.2, 0.25) is 5.16 Å². The molecule has 2 aromatic carbocycles. The summed E-state index contributed by atoms with van der Waals surface area (Å²) in [6.07, 6.45) is 0. The van der Waals surface area contributed by atoms with Crippen LogP contribution in [0.3, 0.4) is 0 Å². The van der Waals surface area contributed by atoms with Crippen molar-refractivity contribution in [3.05, 3.63) is 59.7 Å². The topological polar surface area (TPSA) is 43.6 Å². The molecule has 0 aliphatic heterocycles. The van der Waals surface area contributed by atoms with Crippen molar-refractivity contribution in [2.24, 2.45) is 7.05 Å². The molecule has 4 rings (SSSR count). The lowest BCUT2D eigenvalue weighted by Gasteiger charge is -2.01. The highest BCUT2D eigenvalue weighted by Gasteiger charge is 2.13. The van der Waals surface area contributed by atoms with Gasteiger partial charge in [0.15, 0.2) is 5.65 Å². The first-order valence-corrected chi connectivity index (χ1v) is 8.47. The van der Waals surface area contributed by atoms with E-state index in [0.29, 0.717) is 5.16 Å². The lowest BCUT2D eigenvalue weighted by Crippen LogP contribution is -1.95. The van der Waals surface area contributed by atoms with E-state index in [0.717, 1.165) is 27.8 Å². The van der Waals surface area contributed by atoms with Crippen molar-refractivity contribution >= 4 is 33.8 Å². The molecule has 4 nitrogen and oxygen atoms in total. The summed E-state index contributed by atoms with van der Waals surface area (Å²) in [7, 11) is 2.03. The second kappa shape index (κ2) is 5.66. The molecule has 0 radical (unpaired) electrons. The Kier molecular flexibility index (Phi) is 3.50. The third-order valence-corrected chi connectivity index (χ3v) is 4.85. The Morgan fingerprint density at radius 3 is 2.70 bits per heavy atom. The third-order valence-electron chi connectivity index (χ3n) is 3.95. The van der Waals surface area contributed by atoms with E-state index >= 15 is 0 Å². The van der Waals surface area contributed by atoms with E-state index in [1.54, 1.807) is 11.8 Å². The number of thioether (sulfide) groups is 1. The van der Waals surface area contributed by atoms with E-state index in [9.17, 15) is 0 Å². The minimum absolute atomic E-state index is 0.712. The summed E-state index contributed by atoms with van der Waals surface area (Å²) in [5, 5.41) is 10.6. The summed E-state index contributed by atoms with van der Waals surface area (Å²) in [6, 6.07) is 16.7. The first-order chi connectivity index (χ1) is 11.2. The minimum atomic E-state index is 0.712. The number of hydrogen-bond acceptors (Lipinski definition) is 4. The van der Waals surface area contributed by atoms with Gasteiger partial charge in [0, 0.05) is 18.2 Å². The summed E-state index contributed by atoms with van der Waals surface area (Å²) in [6.45, 7) is 2.09. The molecule has 0 fully saturated rings. The maximum absolute atomic E-state index is 4.71. The van der Waals surface area contributed by atoms with Crippen molar-refractivity contribution in [3.8, 4) is 0 Å². The van der Waals surface area contributed by atoms with Gasteiger partial charge in [0.1, 0.15) is 5.52 Å². The fourth-order valence-corrected chi connectivity index (χ4v) is 3.48. The van der Waals surface area contributed by atoms with Gasteiger partial charge >= 0.3 is 0 Å². The highest BCUT2D eigenvalue weighted by molar-refractivity contribution is 7.98. The summed E-state index contributed by atoms with van der Waals surface area (Å²) in [5.41, 5.74) is 5.37. The molecule has 114 valence electrons. The molecular formula is C18H16N4S. The van der Waals surface area contributed by atoms with Crippen LogP contribution in [-0.4, -0.2) is 19.7 Å². The van der Waals surface area contributed by atoms with E-state index in [1.165, 1.54) is 11.1 Å². The molecule has 0 aliphatic rings. The summed E-state index contributed by atoms with van der Waals surface area (Å²) in [5.74, 6) is 0.844. The van der Waals surface area contributed by atoms with Gasteiger partial charge in [-0.05, 0) is 24.6 Å². The molecular weight excluding hydrogens is 304 g/mol. The smallest absolute Gasteiger partial charge is 0.211 e. The van der Waals surface area contributed by atoms with Crippen molar-refractivity contribution in [1.29, 1.82) is 0 Å². The van der Waals surface area contributed by atoms with Crippen molar-refractivity contribution in [2.45, 2.75) is 17.8 Å². The second-order valence-electron chi connectivity index (χ2n) is 5.62. The Bertz CT molecular complexity index is 992. The number of benzene rings is 2. The molecule has 23 heavy (non-hydrogen) atoms. The van der Waals surface area contributed by atoms with Gasteiger partial charge < -0.3 is 4.57 Å². The van der Waals surface area contributed by atoms with Gasteiger partial charge in [-0.2, -0.15) is 0 Å². The van der Waals surface area contributed by atoms with E-state index in [4.69, 9.17) is 4.98 Å². The van der Waals surface area contributed by atoms with E-state index < -0.39 is 0 Å². The van der Waals surface area contributed by atoms with Crippen LogP contribution in [0.2, 0.25) is 0 Å². The second-order valence-corrected chi connectivity index (χ2v) is 6.56. The third kappa shape index (κ3) is 2.57. The molecule has 5 heteroatoms. The summed E-state index contributed by atoms with van der Waals surface area (Å²) < 4.78 is 2.09. The molecule has 2 aromatic heterocycles. The van der Waals surface area contributed by atoms with Crippen molar-refractivity contribution in [3.63, 3.8) is 0 Å². The molecule has 0 unspecified atom stereocenters. The zero-order chi connectivity index (χ0) is 15.8. The highest BCUT2D eigenvalue weighted by atomic mass is 32.2. The highest BCUT2D eigenvalue weighted by Crippen LogP contribution is 2.27. The first-order valence-electron chi connectivity index (χ1n) is 7.48. The molecule has 0 spiro atoms. The quantitative estimate of drug-likeness (QED) is 0.533. The number of aryl methyl sites for hydroxylation is 2.